The zero-order valence-corrected chi connectivity index (χ0v) is 14.6. The molecule has 2 aliphatic carbocycles. The van der Waals surface area contributed by atoms with Gasteiger partial charge in [-0.1, -0.05) is 19.0 Å². The van der Waals surface area contributed by atoms with Crippen LogP contribution in [0.4, 0.5) is 0 Å². The molecule has 7 nitrogen and oxygen atoms in total. The molecule has 1 spiro atoms. The van der Waals surface area contributed by atoms with E-state index in [1.54, 1.807) is 0 Å². The van der Waals surface area contributed by atoms with Crippen LogP contribution in [0.15, 0.2) is 5.16 Å². The van der Waals surface area contributed by atoms with Crippen LogP contribution in [0.5, 0.6) is 0 Å². The summed E-state index contributed by atoms with van der Waals surface area (Å²) in [5, 5.41) is 13.4. The van der Waals surface area contributed by atoms with E-state index in [0.717, 1.165) is 10.7 Å². The van der Waals surface area contributed by atoms with Crippen LogP contribution in [0.25, 0.3) is 0 Å². The lowest BCUT2D eigenvalue weighted by Crippen LogP contribution is -2.76. The summed E-state index contributed by atoms with van der Waals surface area (Å²) >= 11 is 2.99. The third-order valence-electron chi connectivity index (χ3n) is 6.27. The van der Waals surface area contributed by atoms with E-state index in [-0.39, 0.29) is 16.1 Å². The molecule has 9 heteroatoms. The molecule has 2 aliphatic heterocycles. The minimum absolute atomic E-state index is 0.103. The second kappa shape index (κ2) is 4.05. The smallest absolute Gasteiger partial charge is 0.283 e. The largest absolute Gasteiger partial charge is 0.381 e. The normalized spacial score (nSPS) is 46.7. The number of rotatable bonds is 1. The minimum Gasteiger partial charge on any atom is -0.381 e. The molecule has 1 saturated heterocycles. The van der Waals surface area contributed by atoms with Gasteiger partial charge in [-0.05, 0) is 46.5 Å². The number of nitrogens with zero attached hydrogens (tertiary/aromatic N) is 2. The van der Waals surface area contributed by atoms with E-state index < -0.39 is 32.9 Å². The lowest BCUT2D eigenvalue weighted by molar-refractivity contribution is -0.145. The summed E-state index contributed by atoms with van der Waals surface area (Å²) in [6.07, 6.45) is -0.352. The molecular formula is C13H17BrN2O5S. The van der Waals surface area contributed by atoms with Crippen molar-refractivity contribution in [3.8, 4) is 0 Å². The molecule has 3 fully saturated rings. The zero-order valence-electron chi connectivity index (χ0n) is 12.2. The number of hydrogen-bond acceptors (Lipinski definition) is 6. The highest BCUT2D eigenvalue weighted by Crippen LogP contribution is 2.70. The van der Waals surface area contributed by atoms with Gasteiger partial charge in [-0.2, -0.15) is 0 Å². The Balaban J connectivity index is 1.69. The van der Waals surface area contributed by atoms with E-state index in [1.807, 2.05) is 13.8 Å². The van der Waals surface area contributed by atoms with Crippen molar-refractivity contribution in [1.29, 1.82) is 0 Å². The summed E-state index contributed by atoms with van der Waals surface area (Å²) in [5.74, 6) is -0.410. The molecule has 0 unspecified atom stereocenters. The van der Waals surface area contributed by atoms with Crippen molar-refractivity contribution in [3.63, 3.8) is 0 Å². The fraction of sp³-hybridized carbons (Fsp3) is 0.846. The van der Waals surface area contributed by atoms with Gasteiger partial charge in [0.25, 0.3) is 5.91 Å². The number of oxime groups is 1. The highest BCUT2D eigenvalue weighted by atomic mass is 79.9. The van der Waals surface area contributed by atoms with Gasteiger partial charge in [-0.15, -0.1) is 0 Å². The average molecular weight is 393 g/mol. The first kappa shape index (κ1) is 14.9. The average Bonchev–Trinajstić information content (AvgIpc) is 2.97. The van der Waals surface area contributed by atoms with Gasteiger partial charge in [0.05, 0.1) is 6.04 Å². The van der Waals surface area contributed by atoms with Gasteiger partial charge in [0.1, 0.15) is 4.75 Å². The van der Waals surface area contributed by atoms with Crippen LogP contribution in [-0.4, -0.2) is 51.4 Å². The molecule has 2 saturated carbocycles. The van der Waals surface area contributed by atoms with E-state index >= 15 is 0 Å². The summed E-state index contributed by atoms with van der Waals surface area (Å²) in [6.45, 7) is 3.98. The summed E-state index contributed by atoms with van der Waals surface area (Å²) in [5.41, 5.74) is -0.320. The molecule has 122 valence electrons. The van der Waals surface area contributed by atoms with Gasteiger partial charge in [0.15, 0.2) is 10.7 Å². The van der Waals surface area contributed by atoms with Crippen molar-refractivity contribution in [2.24, 2.45) is 16.5 Å². The molecule has 1 amide bonds. The van der Waals surface area contributed by atoms with Crippen LogP contribution in [0.3, 0.4) is 0 Å². The highest BCUT2D eigenvalue weighted by molar-refractivity contribution is 9.18. The summed E-state index contributed by atoms with van der Waals surface area (Å²) in [7, 11) is -3.73. The van der Waals surface area contributed by atoms with Gasteiger partial charge in [-0.25, -0.2) is 12.7 Å². The number of hydrogen-bond donors (Lipinski definition) is 1. The Kier molecular flexibility index (Phi) is 2.74. The number of amides is 1. The van der Waals surface area contributed by atoms with Gasteiger partial charge >= 0.3 is 0 Å². The lowest BCUT2D eigenvalue weighted by Gasteiger charge is -2.56. The number of carbonyl (C=O) groups is 1. The van der Waals surface area contributed by atoms with E-state index in [2.05, 4.69) is 21.1 Å². The van der Waals surface area contributed by atoms with Crippen LogP contribution in [-0.2, 0) is 19.7 Å². The Morgan fingerprint density at radius 1 is 1.50 bits per heavy atom. The quantitative estimate of drug-likeness (QED) is 0.703. The number of fused-ring (bicyclic) bond motifs is 1. The second-order valence-corrected chi connectivity index (χ2v) is 10.0. The molecule has 4 rings (SSSR count). The van der Waals surface area contributed by atoms with E-state index in [4.69, 9.17) is 4.84 Å². The maximum Gasteiger partial charge on any atom is 0.283 e. The molecule has 2 bridgehead atoms. The molecule has 0 aromatic rings. The van der Waals surface area contributed by atoms with Crippen molar-refractivity contribution in [3.05, 3.63) is 0 Å². The van der Waals surface area contributed by atoms with Crippen LogP contribution in [0.2, 0.25) is 0 Å². The molecular weight excluding hydrogens is 376 g/mol. The van der Waals surface area contributed by atoms with Crippen LogP contribution < -0.4 is 0 Å². The summed E-state index contributed by atoms with van der Waals surface area (Å²) in [6, 6.07) is -0.311. The SMILES string of the molecule is CC1(C)[C@@H]2CC[C@@]13[C@@H](C2)N(C(=O)[C@@H]1ON=C(Br)[C@H]1O)S3(=O)=O. The molecule has 22 heavy (non-hydrogen) atoms. The van der Waals surface area contributed by atoms with Gasteiger partial charge in [-0.3, -0.25) is 4.79 Å². The van der Waals surface area contributed by atoms with Crippen LogP contribution in [0, 0.1) is 11.3 Å². The number of halogens is 1. The fourth-order valence-corrected chi connectivity index (χ4v) is 8.23. The van der Waals surface area contributed by atoms with Gasteiger partial charge in [0.2, 0.25) is 16.1 Å². The molecule has 4 aliphatic rings. The Bertz CT molecular complexity index is 705. The summed E-state index contributed by atoms with van der Waals surface area (Å²) < 4.78 is 26.1. The molecule has 5 atom stereocenters. The van der Waals surface area contributed by atoms with Crippen molar-refractivity contribution >= 4 is 36.5 Å². The van der Waals surface area contributed by atoms with Crippen molar-refractivity contribution < 1.29 is 23.2 Å². The van der Waals surface area contributed by atoms with Crippen molar-refractivity contribution in [2.75, 3.05) is 0 Å². The maximum absolute atomic E-state index is 12.9. The number of sulfonamides is 1. The lowest BCUT2D eigenvalue weighted by atomic mass is 9.80. The first-order chi connectivity index (χ1) is 10.2. The van der Waals surface area contributed by atoms with Crippen molar-refractivity contribution in [1.82, 2.24) is 4.31 Å². The third-order valence-corrected chi connectivity index (χ3v) is 9.76. The van der Waals surface area contributed by atoms with Crippen LogP contribution >= 0.6 is 15.9 Å². The zero-order chi connectivity index (χ0) is 16.1. The molecule has 0 radical (unpaired) electrons. The number of aliphatic hydroxyl groups is 1. The Morgan fingerprint density at radius 2 is 2.18 bits per heavy atom. The van der Waals surface area contributed by atoms with Crippen molar-refractivity contribution in [2.45, 2.75) is 56.1 Å². The first-order valence-corrected chi connectivity index (χ1v) is 9.54. The predicted octanol–water partition coefficient (Wildman–Crippen LogP) is 0.574. The molecule has 0 aromatic carbocycles. The number of aliphatic hydroxyl groups excluding tert-OH is 1. The second-order valence-electron chi connectivity index (χ2n) is 7.12. The van der Waals surface area contributed by atoms with Gasteiger partial charge < -0.3 is 9.94 Å². The first-order valence-electron chi connectivity index (χ1n) is 7.31. The molecule has 2 heterocycles. The van der Waals surface area contributed by atoms with E-state index in [1.165, 1.54) is 0 Å². The highest BCUT2D eigenvalue weighted by Gasteiger charge is 2.81. The topological polar surface area (TPSA) is 96.3 Å². The monoisotopic (exact) mass is 392 g/mol. The Morgan fingerprint density at radius 3 is 2.73 bits per heavy atom. The Labute approximate surface area is 136 Å². The molecule has 0 aromatic heterocycles. The number of carbonyl (C=O) groups excluding carboxylic acids is 1. The third kappa shape index (κ3) is 1.31. The van der Waals surface area contributed by atoms with Gasteiger partial charge in [0, 0.05) is 0 Å². The van der Waals surface area contributed by atoms with E-state index in [9.17, 15) is 18.3 Å². The minimum atomic E-state index is -3.73. The molecule has 1 N–H and O–H groups in total. The fourth-order valence-electron chi connectivity index (χ4n) is 5.02. The standard InChI is InChI=1S/C13H17BrN2O5S/c1-12(2)6-3-4-13(12)7(5-6)16(22(13,19)20)11(18)9-8(17)10(14)15-21-9/h6-9,17H,3-5H2,1-2H3/t6-,7-,8+,9-,13-/m1/s1. The van der Waals surface area contributed by atoms with E-state index in [0.29, 0.717) is 18.8 Å². The predicted molar refractivity (Wildman–Crippen MR) is 80.6 cm³/mol. The maximum atomic E-state index is 12.9. The summed E-state index contributed by atoms with van der Waals surface area (Å²) in [4.78, 5) is 17.5. The van der Waals surface area contributed by atoms with Crippen LogP contribution in [0.1, 0.15) is 33.1 Å². The Hall–Kier alpha value is -0.670.